The third kappa shape index (κ3) is 4.15. The predicted octanol–water partition coefficient (Wildman–Crippen LogP) is 4.69. The van der Waals surface area contributed by atoms with E-state index in [4.69, 9.17) is 16.3 Å². The molecule has 0 fully saturated rings. The van der Waals surface area contributed by atoms with Gasteiger partial charge in [0, 0.05) is 27.9 Å². The zero-order valence-corrected chi connectivity index (χ0v) is 16.2. The predicted molar refractivity (Wildman–Crippen MR) is 101 cm³/mol. The monoisotopic (exact) mass is 427 g/mol. The topological polar surface area (TPSA) is 69.3 Å². The molecule has 1 atom stereocenters. The molecule has 1 N–H and O–H groups in total. The molecule has 0 radical (unpaired) electrons. The van der Waals surface area contributed by atoms with Crippen LogP contribution in [0.3, 0.4) is 0 Å². The molecule has 2 aromatic heterocycles. The molecule has 1 aromatic carbocycles. The summed E-state index contributed by atoms with van der Waals surface area (Å²) in [5, 5.41) is 13.7. The fourth-order valence-corrected chi connectivity index (χ4v) is 3.27. The van der Waals surface area contributed by atoms with E-state index in [0.717, 1.165) is 17.9 Å². The molecule has 0 aliphatic heterocycles. The van der Waals surface area contributed by atoms with Crippen molar-refractivity contribution >= 4 is 17.7 Å². The summed E-state index contributed by atoms with van der Waals surface area (Å²) < 4.78 is 47.8. The molecule has 3 aromatic rings. The minimum absolute atomic E-state index is 0.0593. The van der Waals surface area contributed by atoms with Gasteiger partial charge in [-0.15, -0.1) is 0 Å². The van der Waals surface area contributed by atoms with Gasteiger partial charge in [0.15, 0.2) is 5.69 Å². The number of hydrogen-bond donors (Lipinski definition) is 1. The van der Waals surface area contributed by atoms with E-state index in [0.29, 0.717) is 20.8 Å². The number of carbonyl (C=O) groups is 1. The summed E-state index contributed by atoms with van der Waals surface area (Å²) in [6, 6.07) is 8.17. The molecule has 0 unspecified atom stereocenters. The van der Waals surface area contributed by atoms with Gasteiger partial charge in [0.1, 0.15) is 0 Å². The second kappa shape index (κ2) is 7.92. The number of hydrogen-bond acceptors (Lipinski definition) is 4. The van der Waals surface area contributed by atoms with E-state index in [1.807, 2.05) is 0 Å². The quantitative estimate of drug-likeness (QED) is 0.656. The van der Waals surface area contributed by atoms with Gasteiger partial charge in [0.2, 0.25) is 0 Å². The first kappa shape index (κ1) is 20.9. The van der Waals surface area contributed by atoms with Crippen LogP contribution in [0.4, 0.5) is 18.0 Å². The molecule has 6 nitrogen and oxygen atoms in total. The van der Waals surface area contributed by atoms with Gasteiger partial charge in [-0.25, -0.2) is 4.79 Å². The summed E-state index contributed by atoms with van der Waals surface area (Å²) in [7, 11) is 1.13. The highest BCUT2D eigenvalue weighted by atomic mass is 35.5. The molecule has 0 aliphatic carbocycles. The zero-order chi connectivity index (χ0) is 21.3. The van der Waals surface area contributed by atoms with E-state index in [2.05, 4.69) is 5.10 Å². The SMILES string of the molecule is COC(=O)n1cc(-c2ccccc2Cl)cc1-c1cnn(C[C@H](C)O)c1C(F)(F)F. The van der Waals surface area contributed by atoms with Crippen molar-refractivity contribution in [1.82, 2.24) is 14.3 Å². The lowest BCUT2D eigenvalue weighted by Gasteiger charge is -2.14. The Morgan fingerprint density at radius 3 is 2.59 bits per heavy atom. The molecule has 0 saturated heterocycles. The molecule has 2 heterocycles. The van der Waals surface area contributed by atoms with Gasteiger partial charge in [-0.1, -0.05) is 29.8 Å². The first-order chi connectivity index (χ1) is 13.6. The molecular formula is C19H17ClF3N3O3. The van der Waals surface area contributed by atoms with Crippen LogP contribution >= 0.6 is 11.6 Å². The summed E-state index contributed by atoms with van der Waals surface area (Å²) in [6.45, 7) is 0.999. The maximum absolute atomic E-state index is 13.8. The van der Waals surface area contributed by atoms with Crippen LogP contribution in [-0.2, 0) is 17.5 Å². The molecular weight excluding hydrogens is 411 g/mol. The fourth-order valence-electron chi connectivity index (χ4n) is 3.02. The Balaban J connectivity index is 2.24. The Hall–Kier alpha value is -2.78. The minimum atomic E-state index is -4.77. The molecule has 29 heavy (non-hydrogen) atoms. The number of halogens is 4. The number of benzene rings is 1. The van der Waals surface area contributed by atoms with Crippen molar-refractivity contribution in [3.05, 3.63) is 53.4 Å². The number of aliphatic hydroxyl groups excluding tert-OH is 1. The van der Waals surface area contributed by atoms with E-state index in [1.165, 1.54) is 19.2 Å². The van der Waals surface area contributed by atoms with Crippen molar-refractivity contribution < 1.29 is 27.8 Å². The number of aromatic nitrogens is 3. The summed E-state index contributed by atoms with van der Waals surface area (Å²) in [5.41, 5.74) is -0.472. The molecule has 10 heteroatoms. The molecule has 0 saturated carbocycles. The smallest absolute Gasteiger partial charge is 0.433 e. The lowest BCUT2D eigenvalue weighted by molar-refractivity contribution is -0.144. The number of methoxy groups -OCH3 is 1. The first-order valence-corrected chi connectivity index (χ1v) is 8.88. The van der Waals surface area contributed by atoms with E-state index in [-0.39, 0.29) is 17.8 Å². The van der Waals surface area contributed by atoms with Crippen LogP contribution in [0.15, 0.2) is 42.7 Å². The number of rotatable bonds is 4. The third-order valence-corrected chi connectivity index (χ3v) is 4.53. The van der Waals surface area contributed by atoms with Gasteiger partial charge < -0.3 is 9.84 Å². The number of nitrogens with zero attached hydrogens (tertiary/aromatic N) is 3. The second-order valence-corrected chi connectivity index (χ2v) is 6.78. The van der Waals surface area contributed by atoms with Crippen molar-refractivity contribution in [2.75, 3.05) is 7.11 Å². The van der Waals surface area contributed by atoms with Gasteiger partial charge in [0.25, 0.3) is 0 Å². The summed E-state index contributed by atoms with van der Waals surface area (Å²) in [6.07, 6.45) is -4.31. The van der Waals surface area contributed by atoms with Gasteiger partial charge in [-0.05, 0) is 19.1 Å². The summed E-state index contributed by atoms with van der Waals surface area (Å²) in [5.74, 6) is 0. The van der Waals surface area contributed by atoms with Crippen LogP contribution in [0.1, 0.15) is 12.6 Å². The van der Waals surface area contributed by atoms with Gasteiger partial charge in [-0.3, -0.25) is 9.25 Å². The number of alkyl halides is 3. The van der Waals surface area contributed by atoms with Gasteiger partial charge >= 0.3 is 12.3 Å². The zero-order valence-electron chi connectivity index (χ0n) is 15.4. The Morgan fingerprint density at radius 2 is 2.00 bits per heavy atom. The average molecular weight is 428 g/mol. The lowest BCUT2D eigenvalue weighted by Crippen LogP contribution is -2.21. The maximum Gasteiger partial charge on any atom is 0.433 e. The molecule has 3 rings (SSSR count). The first-order valence-electron chi connectivity index (χ1n) is 8.50. The fraction of sp³-hybridized carbons (Fsp3) is 0.263. The largest absolute Gasteiger partial charge is 0.452 e. The normalized spacial score (nSPS) is 12.8. The van der Waals surface area contributed by atoms with Crippen LogP contribution < -0.4 is 0 Å². The number of aliphatic hydroxyl groups is 1. The van der Waals surface area contributed by atoms with Crippen molar-refractivity contribution in [1.29, 1.82) is 0 Å². The summed E-state index contributed by atoms with van der Waals surface area (Å²) >= 11 is 6.20. The highest BCUT2D eigenvalue weighted by molar-refractivity contribution is 6.33. The maximum atomic E-state index is 13.8. The minimum Gasteiger partial charge on any atom is -0.452 e. The lowest BCUT2D eigenvalue weighted by atomic mass is 10.1. The van der Waals surface area contributed by atoms with Crippen molar-refractivity contribution in [3.63, 3.8) is 0 Å². The Labute approximate surface area is 169 Å². The molecule has 0 spiro atoms. The van der Waals surface area contributed by atoms with Crippen LogP contribution in [0.25, 0.3) is 22.4 Å². The van der Waals surface area contributed by atoms with E-state index in [9.17, 15) is 23.1 Å². The molecule has 0 aliphatic rings. The summed E-state index contributed by atoms with van der Waals surface area (Å²) in [4.78, 5) is 12.2. The van der Waals surface area contributed by atoms with Gasteiger partial charge in [-0.2, -0.15) is 18.3 Å². The Bertz CT molecular complexity index is 1040. The van der Waals surface area contributed by atoms with E-state index < -0.39 is 24.1 Å². The Morgan fingerprint density at radius 1 is 1.31 bits per heavy atom. The van der Waals surface area contributed by atoms with Crippen LogP contribution in [0.5, 0.6) is 0 Å². The standard InChI is InChI=1S/C19H17ClF3N3O3/c1-11(27)9-26-17(19(21,22)23)14(8-24-26)16-7-12(10-25(16)18(28)29-2)13-5-3-4-6-15(13)20/h3-8,10-11,27H,9H2,1-2H3/t11-/m0/s1. The highest BCUT2D eigenvalue weighted by Crippen LogP contribution is 2.40. The molecule has 0 bridgehead atoms. The van der Waals surface area contributed by atoms with Crippen molar-refractivity contribution in [2.24, 2.45) is 0 Å². The third-order valence-electron chi connectivity index (χ3n) is 4.20. The molecule has 0 amide bonds. The van der Waals surface area contributed by atoms with E-state index >= 15 is 0 Å². The highest BCUT2D eigenvalue weighted by Gasteiger charge is 2.39. The van der Waals surface area contributed by atoms with Crippen LogP contribution in [-0.4, -0.2) is 38.8 Å². The van der Waals surface area contributed by atoms with Gasteiger partial charge in [0.05, 0.1) is 31.6 Å². The average Bonchev–Trinajstić information content (AvgIpc) is 3.24. The number of carbonyl (C=O) groups excluding carboxylic acids is 1. The number of ether oxygens (including phenoxy) is 1. The second-order valence-electron chi connectivity index (χ2n) is 6.37. The van der Waals surface area contributed by atoms with Crippen molar-refractivity contribution in [3.8, 4) is 22.4 Å². The van der Waals surface area contributed by atoms with E-state index in [1.54, 1.807) is 24.3 Å². The molecule has 154 valence electrons. The van der Waals surface area contributed by atoms with Crippen LogP contribution in [0.2, 0.25) is 5.02 Å². The van der Waals surface area contributed by atoms with Crippen LogP contribution in [0, 0.1) is 0 Å². The van der Waals surface area contributed by atoms with Crippen molar-refractivity contribution in [2.45, 2.75) is 25.7 Å². The Kier molecular flexibility index (Phi) is 5.72.